The molecule has 16 heavy (non-hydrogen) atoms. The first-order valence-corrected chi connectivity index (χ1v) is 5.79. The molecule has 2 aromatic heterocycles. The van der Waals surface area contributed by atoms with Crippen LogP contribution in [0.4, 0.5) is 0 Å². The molecule has 0 aliphatic heterocycles. The molecule has 0 unspecified atom stereocenters. The third kappa shape index (κ3) is 1.67. The number of aryl methyl sites for hydroxylation is 2. The summed E-state index contributed by atoms with van der Waals surface area (Å²) in [7, 11) is 1.91. The number of Topliss-reactive ketones (excluding diaryl/α,β-unsaturated/α-hetero) is 1. The number of thiazole rings is 1. The van der Waals surface area contributed by atoms with Crippen LogP contribution in [0.25, 0.3) is 10.6 Å². The van der Waals surface area contributed by atoms with Gasteiger partial charge in [-0.1, -0.05) is 0 Å². The molecule has 4 nitrogen and oxygen atoms in total. The average Bonchev–Trinajstić information content (AvgIpc) is 2.74. The second kappa shape index (κ2) is 3.83. The number of aromatic nitrogens is 3. The van der Waals surface area contributed by atoms with Crippen LogP contribution in [0.1, 0.15) is 28.0 Å². The molecule has 84 valence electrons. The van der Waals surface area contributed by atoms with Gasteiger partial charge in [-0.05, 0) is 13.8 Å². The van der Waals surface area contributed by atoms with Gasteiger partial charge in [-0.15, -0.1) is 11.3 Å². The quantitative estimate of drug-likeness (QED) is 0.751. The number of rotatable bonds is 2. The number of hydrogen-bond acceptors (Lipinski definition) is 4. The van der Waals surface area contributed by atoms with E-state index in [2.05, 4.69) is 10.1 Å². The fourth-order valence-electron chi connectivity index (χ4n) is 1.64. The number of carbonyl (C=O) groups excluding carboxylic acids is 1. The Hall–Kier alpha value is -1.49. The smallest absolute Gasteiger partial charge is 0.171 e. The molecule has 0 spiro atoms. The monoisotopic (exact) mass is 235 g/mol. The fourth-order valence-corrected chi connectivity index (χ4v) is 2.60. The summed E-state index contributed by atoms with van der Waals surface area (Å²) in [6, 6.07) is 0. The molecule has 0 aliphatic rings. The van der Waals surface area contributed by atoms with Crippen molar-refractivity contribution in [2.24, 2.45) is 7.05 Å². The predicted molar refractivity (Wildman–Crippen MR) is 63.8 cm³/mol. The van der Waals surface area contributed by atoms with Gasteiger partial charge < -0.3 is 0 Å². The Kier molecular flexibility index (Phi) is 2.63. The molecule has 0 bridgehead atoms. The van der Waals surface area contributed by atoms with Gasteiger partial charge in [-0.3, -0.25) is 9.48 Å². The van der Waals surface area contributed by atoms with Crippen LogP contribution in [0.5, 0.6) is 0 Å². The summed E-state index contributed by atoms with van der Waals surface area (Å²) in [4.78, 5) is 16.2. The number of hydrogen-bond donors (Lipinski definition) is 0. The Labute approximate surface area is 97.9 Å². The van der Waals surface area contributed by atoms with Gasteiger partial charge in [-0.25, -0.2) is 4.98 Å². The van der Waals surface area contributed by atoms with Crippen LogP contribution in [0.15, 0.2) is 6.20 Å². The summed E-state index contributed by atoms with van der Waals surface area (Å²) in [6.45, 7) is 5.52. The molecule has 0 saturated carbocycles. The Bertz CT molecular complexity index is 554. The Morgan fingerprint density at radius 1 is 1.44 bits per heavy atom. The van der Waals surface area contributed by atoms with E-state index in [-0.39, 0.29) is 5.78 Å². The van der Waals surface area contributed by atoms with E-state index in [1.54, 1.807) is 13.1 Å². The van der Waals surface area contributed by atoms with Crippen LogP contribution in [-0.4, -0.2) is 20.5 Å². The lowest BCUT2D eigenvalue weighted by Crippen LogP contribution is -1.92. The first-order valence-electron chi connectivity index (χ1n) is 4.98. The van der Waals surface area contributed by atoms with Crippen LogP contribution in [-0.2, 0) is 7.05 Å². The molecule has 2 aromatic rings. The molecule has 0 atom stereocenters. The SMILES string of the molecule is CC(=O)c1cnc(-c2c(C)nn(C)c2C)s1. The Morgan fingerprint density at radius 2 is 2.12 bits per heavy atom. The molecule has 0 aromatic carbocycles. The van der Waals surface area contributed by atoms with Crippen LogP contribution in [0.3, 0.4) is 0 Å². The third-order valence-corrected chi connectivity index (χ3v) is 3.69. The van der Waals surface area contributed by atoms with Crippen molar-refractivity contribution in [3.63, 3.8) is 0 Å². The van der Waals surface area contributed by atoms with E-state index in [9.17, 15) is 4.79 Å². The van der Waals surface area contributed by atoms with Crippen LogP contribution >= 0.6 is 11.3 Å². The summed E-state index contributed by atoms with van der Waals surface area (Å²) in [5.41, 5.74) is 3.06. The molecule has 0 aliphatic carbocycles. The van der Waals surface area contributed by atoms with Crippen LogP contribution in [0.2, 0.25) is 0 Å². The zero-order valence-electron chi connectivity index (χ0n) is 9.74. The van der Waals surface area contributed by atoms with E-state index in [1.807, 2.05) is 25.6 Å². The van der Waals surface area contributed by atoms with Crippen molar-refractivity contribution < 1.29 is 4.79 Å². The highest BCUT2D eigenvalue weighted by atomic mass is 32.1. The van der Waals surface area contributed by atoms with Gasteiger partial charge in [0.2, 0.25) is 0 Å². The third-order valence-electron chi connectivity index (χ3n) is 2.58. The molecular formula is C11H13N3OS. The van der Waals surface area contributed by atoms with Crippen molar-refractivity contribution in [3.8, 4) is 10.6 Å². The molecule has 0 fully saturated rings. The minimum atomic E-state index is 0.0583. The highest BCUT2D eigenvalue weighted by molar-refractivity contribution is 7.16. The van der Waals surface area contributed by atoms with Gasteiger partial charge in [-0.2, -0.15) is 5.10 Å². The highest BCUT2D eigenvalue weighted by Crippen LogP contribution is 2.30. The molecule has 0 radical (unpaired) electrons. The van der Waals surface area contributed by atoms with Crippen molar-refractivity contribution >= 4 is 17.1 Å². The van der Waals surface area contributed by atoms with E-state index in [0.717, 1.165) is 22.0 Å². The number of carbonyl (C=O) groups is 1. The van der Waals surface area contributed by atoms with Crippen LogP contribution < -0.4 is 0 Å². The van der Waals surface area contributed by atoms with Crippen molar-refractivity contribution in [1.82, 2.24) is 14.8 Å². The largest absolute Gasteiger partial charge is 0.294 e. The summed E-state index contributed by atoms with van der Waals surface area (Å²) in [5, 5.41) is 5.21. The van der Waals surface area contributed by atoms with Crippen molar-refractivity contribution in [2.75, 3.05) is 0 Å². The summed E-state index contributed by atoms with van der Waals surface area (Å²) in [5.74, 6) is 0.0583. The van der Waals surface area contributed by atoms with Gasteiger partial charge >= 0.3 is 0 Å². The summed E-state index contributed by atoms with van der Waals surface area (Å²) >= 11 is 1.42. The zero-order valence-corrected chi connectivity index (χ0v) is 10.6. The van der Waals surface area contributed by atoms with E-state index in [0.29, 0.717) is 4.88 Å². The summed E-state index contributed by atoms with van der Waals surface area (Å²) < 4.78 is 1.83. The maximum atomic E-state index is 11.2. The predicted octanol–water partition coefficient (Wildman–Crippen LogP) is 2.36. The standard InChI is InChI=1S/C11H13N3OS/c1-6-10(7(2)14(4)13-6)11-12-5-9(16-11)8(3)15/h5H,1-4H3. The minimum absolute atomic E-state index is 0.0583. The zero-order chi connectivity index (χ0) is 11.9. The number of nitrogens with zero attached hydrogens (tertiary/aromatic N) is 3. The normalized spacial score (nSPS) is 10.8. The first kappa shape index (κ1) is 11.0. The molecule has 2 rings (SSSR count). The second-order valence-electron chi connectivity index (χ2n) is 3.76. The lowest BCUT2D eigenvalue weighted by atomic mass is 10.2. The van der Waals surface area contributed by atoms with Gasteiger partial charge in [0, 0.05) is 25.9 Å². The van der Waals surface area contributed by atoms with Crippen molar-refractivity contribution in [2.45, 2.75) is 20.8 Å². The second-order valence-corrected chi connectivity index (χ2v) is 4.79. The van der Waals surface area contributed by atoms with Gasteiger partial charge in [0.1, 0.15) is 5.01 Å². The highest BCUT2D eigenvalue weighted by Gasteiger charge is 2.16. The molecule has 0 saturated heterocycles. The topological polar surface area (TPSA) is 47.8 Å². The minimum Gasteiger partial charge on any atom is -0.294 e. The molecule has 0 N–H and O–H groups in total. The first-order chi connectivity index (χ1) is 7.50. The maximum Gasteiger partial charge on any atom is 0.171 e. The van der Waals surface area contributed by atoms with Crippen molar-refractivity contribution in [3.05, 3.63) is 22.5 Å². The van der Waals surface area contributed by atoms with E-state index in [4.69, 9.17) is 0 Å². The molecule has 0 amide bonds. The maximum absolute atomic E-state index is 11.2. The Morgan fingerprint density at radius 3 is 2.56 bits per heavy atom. The van der Waals surface area contributed by atoms with Gasteiger partial charge in [0.25, 0.3) is 0 Å². The lowest BCUT2D eigenvalue weighted by Gasteiger charge is -1.96. The molecule has 5 heteroatoms. The Balaban J connectivity index is 2.54. The molecular weight excluding hydrogens is 222 g/mol. The summed E-state index contributed by atoms with van der Waals surface area (Å²) in [6.07, 6.45) is 1.63. The van der Waals surface area contributed by atoms with Gasteiger partial charge in [0.05, 0.1) is 16.1 Å². The van der Waals surface area contributed by atoms with E-state index < -0.39 is 0 Å². The van der Waals surface area contributed by atoms with E-state index >= 15 is 0 Å². The fraction of sp³-hybridized carbons (Fsp3) is 0.364. The van der Waals surface area contributed by atoms with Gasteiger partial charge in [0.15, 0.2) is 5.78 Å². The lowest BCUT2D eigenvalue weighted by molar-refractivity contribution is 0.102. The molecule has 2 heterocycles. The van der Waals surface area contributed by atoms with Crippen LogP contribution in [0, 0.1) is 13.8 Å². The average molecular weight is 235 g/mol. The van der Waals surface area contributed by atoms with Crippen molar-refractivity contribution in [1.29, 1.82) is 0 Å². The number of ketones is 1. The van der Waals surface area contributed by atoms with E-state index in [1.165, 1.54) is 11.3 Å².